The molecule has 0 N–H and O–H groups in total. The predicted octanol–water partition coefficient (Wildman–Crippen LogP) is 4.78. The highest BCUT2D eigenvalue weighted by Gasteiger charge is 2.33. The minimum Gasteiger partial charge on any atom is -0.378 e. The SMILES string of the molecule is Cc1ccc(N2C(=O)/C(=C\c3ccc(N(C)C)cc3)SC2=S)cc1C. The highest BCUT2D eigenvalue weighted by molar-refractivity contribution is 8.27. The van der Waals surface area contributed by atoms with E-state index in [0.29, 0.717) is 9.23 Å². The first kappa shape index (κ1) is 17.7. The van der Waals surface area contributed by atoms with Gasteiger partial charge >= 0.3 is 0 Å². The average molecular weight is 369 g/mol. The molecule has 0 aliphatic carbocycles. The number of aryl methyl sites for hydroxylation is 2. The molecule has 1 aliphatic heterocycles. The second-order valence-corrected chi connectivity index (χ2v) is 7.95. The number of carbonyl (C=O) groups is 1. The minimum atomic E-state index is -0.0602. The van der Waals surface area contributed by atoms with Crippen LogP contribution in [0.25, 0.3) is 6.08 Å². The fourth-order valence-corrected chi connectivity index (χ4v) is 3.87. The molecule has 1 fully saturated rings. The van der Waals surface area contributed by atoms with Gasteiger partial charge in [-0.3, -0.25) is 9.69 Å². The van der Waals surface area contributed by atoms with E-state index in [1.807, 2.05) is 74.5 Å². The third-order valence-corrected chi connectivity index (χ3v) is 5.55. The zero-order valence-electron chi connectivity index (χ0n) is 14.7. The van der Waals surface area contributed by atoms with Crippen LogP contribution in [0, 0.1) is 13.8 Å². The Morgan fingerprint density at radius 3 is 2.32 bits per heavy atom. The van der Waals surface area contributed by atoms with Gasteiger partial charge in [-0.1, -0.05) is 42.2 Å². The van der Waals surface area contributed by atoms with Crippen molar-refractivity contribution in [3.8, 4) is 0 Å². The maximum absolute atomic E-state index is 12.8. The van der Waals surface area contributed by atoms with Crippen molar-refractivity contribution in [1.29, 1.82) is 0 Å². The van der Waals surface area contributed by atoms with Gasteiger partial charge in [0.15, 0.2) is 4.32 Å². The molecule has 25 heavy (non-hydrogen) atoms. The number of amides is 1. The summed E-state index contributed by atoms with van der Waals surface area (Å²) in [6, 6.07) is 14.1. The summed E-state index contributed by atoms with van der Waals surface area (Å²) in [7, 11) is 4.01. The van der Waals surface area contributed by atoms with Crippen LogP contribution >= 0.6 is 24.0 Å². The van der Waals surface area contributed by atoms with Crippen LogP contribution in [0.1, 0.15) is 16.7 Å². The first-order valence-corrected chi connectivity index (χ1v) is 9.22. The molecule has 1 heterocycles. The van der Waals surface area contributed by atoms with E-state index in [-0.39, 0.29) is 5.91 Å². The topological polar surface area (TPSA) is 23.6 Å². The lowest BCUT2D eigenvalue weighted by atomic mass is 10.1. The highest BCUT2D eigenvalue weighted by atomic mass is 32.2. The van der Waals surface area contributed by atoms with Crippen molar-refractivity contribution in [3.63, 3.8) is 0 Å². The molecule has 2 aromatic carbocycles. The Morgan fingerprint density at radius 2 is 1.72 bits per heavy atom. The Morgan fingerprint density at radius 1 is 1.04 bits per heavy atom. The molecule has 128 valence electrons. The van der Waals surface area contributed by atoms with Gasteiger partial charge in [-0.05, 0) is 60.9 Å². The van der Waals surface area contributed by atoms with Gasteiger partial charge in [0.2, 0.25) is 0 Å². The van der Waals surface area contributed by atoms with E-state index in [0.717, 1.165) is 22.5 Å². The molecule has 1 saturated heterocycles. The molecule has 0 saturated carbocycles. The Bertz CT molecular complexity index is 870. The summed E-state index contributed by atoms with van der Waals surface area (Å²) >= 11 is 6.80. The number of hydrogen-bond donors (Lipinski definition) is 0. The van der Waals surface area contributed by atoms with E-state index >= 15 is 0 Å². The zero-order valence-corrected chi connectivity index (χ0v) is 16.4. The number of rotatable bonds is 3. The van der Waals surface area contributed by atoms with Gasteiger partial charge in [-0.2, -0.15) is 0 Å². The molecule has 2 aromatic rings. The summed E-state index contributed by atoms with van der Waals surface area (Å²) in [4.78, 5) is 17.1. The Hall–Kier alpha value is -2.11. The van der Waals surface area contributed by atoms with E-state index in [9.17, 15) is 4.79 Å². The quantitative estimate of drug-likeness (QED) is 0.575. The van der Waals surface area contributed by atoms with Gasteiger partial charge in [0.25, 0.3) is 5.91 Å². The lowest BCUT2D eigenvalue weighted by Gasteiger charge is -2.16. The lowest BCUT2D eigenvalue weighted by Crippen LogP contribution is -2.27. The van der Waals surface area contributed by atoms with Crippen LogP contribution in [0.3, 0.4) is 0 Å². The number of thioether (sulfide) groups is 1. The van der Waals surface area contributed by atoms with Crippen molar-refractivity contribution in [3.05, 3.63) is 64.1 Å². The fourth-order valence-electron chi connectivity index (χ4n) is 2.58. The number of benzene rings is 2. The average Bonchev–Trinajstić information content (AvgIpc) is 2.85. The van der Waals surface area contributed by atoms with Crippen LogP contribution < -0.4 is 9.80 Å². The van der Waals surface area contributed by atoms with Crippen LogP contribution in [0.2, 0.25) is 0 Å². The van der Waals surface area contributed by atoms with Crippen molar-refractivity contribution in [2.45, 2.75) is 13.8 Å². The second kappa shape index (κ2) is 7.02. The van der Waals surface area contributed by atoms with Gasteiger partial charge in [-0.15, -0.1) is 0 Å². The molecule has 0 bridgehead atoms. The number of anilines is 2. The minimum absolute atomic E-state index is 0.0602. The van der Waals surface area contributed by atoms with E-state index in [1.54, 1.807) is 4.90 Å². The second-order valence-electron chi connectivity index (χ2n) is 6.27. The normalized spacial score (nSPS) is 16.0. The Kier molecular flexibility index (Phi) is 4.97. The highest BCUT2D eigenvalue weighted by Crippen LogP contribution is 2.36. The fraction of sp³-hybridized carbons (Fsp3) is 0.200. The summed E-state index contributed by atoms with van der Waals surface area (Å²) in [5.74, 6) is -0.0602. The smallest absolute Gasteiger partial charge is 0.270 e. The molecular weight excluding hydrogens is 348 g/mol. The number of hydrogen-bond acceptors (Lipinski definition) is 4. The molecule has 3 nitrogen and oxygen atoms in total. The lowest BCUT2D eigenvalue weighted by molar-refractivity contribution is -0.113. The molecule has 0 spiro atoms. The first-order valence-electron chi connectivity index (χ1n) is 7.99. The van der Waals surface area contributed by atoms with Gasteiger partial charge in [0.05, 0.1) is 10.6 Å². The molecule has 1 aliphatic rings. The summed E-state index contributed by atoms with van der Waals surface area (Å²) in [6.45, 7) is 4.10. The molecule has 0 aromatic heterocycles. The summed E-state index contributed by atoms with van der Waals surface area (Å²) in [6.07, 6.45) is 1.90. The van der Waals surface area contributed by atoms with Crippen molar-refractivity contribution in [1.82, 2.24) is 0 Å². The maximum Gasteiger partial charge on any atom is 0.270 e. The standard InChI is InChI=1S/C20H20N2OS2/c1-13-5-8-17(11-14(13)2)22-19(23)18(25-20(22)24)12-15-6-9-16(10-7-15)21(3)4/h5-12H,1-4H3/b18-12+. The first-order chi connectivity index (χ1) is 11.9. The summed E-state index contributed by atoms with van der Waals surface area (Å²) in [5.41, 5.74) is 5.29. The van der Waals surface area contributed by atoms with E-state index < -0.39 is 0 Å². The molecule has 3 rings (SSSR count). The van der Waals surface area contributed by atoms with Crippen LogP contribution in [-0.4, -0.2) is 24.3 Å². The van der Waals surface area contributed by atoms with Crippen LogP contribution in [0.15, 0.2) is 47.4 Å². The van der Waals surface area contributed by atoms with E-state index in [1.165, 1.54) is 17.3 Å². The number of carbonyl (C=O) groups excluding carboxylic acids is 1. The monoisotopic (exact) mass is 368 g/mol. The zero-order chi connectivity index (χ0) is 18.1. The number of nitrogens with zero attached hydrogens (tertiary/aromatic N) is 2. The number of thiocarbonyl (C=S) groups is 1. The van der Waals surface area contributed by atoms with Crippen LogP contribution in [0.5, 0.6) is 0 Å². The van der Waals surface area contributed by atoms with Crippen molar-refractivity contribution in [2.24, 2.45) is 0 Å². The molecule has 0 atom stereocenters. The van der Waals surface area contributed by atoms with Crippen molar-refractivity contribution in [2.75, 3.05) is 23.9 Å². The van der Waals surface area contributed by atoms with Gasteiger partial charge in [0, 0.05) is 19.8 Å². The molecule has 0 unspecified atom stereocenters. The van der Waals surface area contributed by atoms with Crippen LogP contribution in [-0.2, 0) is 4.79 Å². The molecule has 5 heteroatoms. The summed E-state index contributed by atoms with van der Waals surface area (Å²) < 4.78 is 0.574. The Balaban J connectivity index is 1.88. The largest absolute Gasteiger partial charge is 0.378 e. The molecule has 1 amide bonds. The van der Waals surface area contributed by atoms with Gasteiger partial charge < -0.3 is 4.90 Å². The third kappa shape index (κ3) is 3.62. The van der Waals surface area contributed by atoms with E-state index in [4.69, 9.17) is 12.2 Å². The van der Waals surface area contributed by atoms with Crippen LogP contribution in [0.4, 0.5) is 11.4 Å². The summed E-state index contributed by atoms with van der Waals surface area (Å²) in [5, 5.41) is 0. The van der Waals surface area contributed by atoms with Gasteiger partial charge in [0.1, 0.15) is 0 Å². The molecule has 0 radical (unpaired) electrons. The maximum atomic E-state index is 12.8. The van der Waals surface area contributed by atoms with Crippen molar-refractivity contribution >= 4 is 51.7 Å². The predicted molar refractivity (Wildman–Crippen MR) is 112 cm³/mol. The Labute approximate surface area is 158 Å². The van der Waals surface area contributed by atoms with Gasteiger partial charge in [-0.25, -0.2) is 0 Å². The molecular formula is C20H20N2OS2. The van der Waals surface area contributed by atoms with E-state index in [2.05, 4.69) is 6.92 Å². The third-order valence-electron chi connectivity index (χ3n) is 4.25. The van der Waals surface area contributed by atoms with Crippen molar-refractivity contribution < 1.29 is 4.79 Å².